The van der Waals surface area contributed by atoms with E-state index in [0.29, 0.717) is 11.1 Å². The van der Waals surface area contributed by atoms with Crippen LogP contribution in [0.1, 0.15) is 31.0 Å². The van der Waals surface area contributed by atoms with Crippen molar-refractivity contribution in [2.24, 2.45) is 5.73 Å². The molecule has 0 bridgehead atoms. The van der Waals surface area contributed by atoms with Gasteiger partial charge in [0.1, 0.15) is 6.04 Å². The third-order valence-corrected chi connectivity index (χ3v) is 2.22. The first-order chi connectivity index (χ1) is 6.82. The van der Waals surface area contributed by atoms with E-state index in [1.54, 1.807) is 38.1 Å². The van der Waals surface area contributed by atoms with Crippen LogP contribution in [0.2, 0.25) is 0 Å². The van der Waals surface area contributed by atoms with Gasteiger partial charge in [-0.2, -0.15) is 0 Å². The molecule has 0 saturated carbocycles. The highest BCUT2D eigenvalue weighted by Gasteiger charge is 2.19. The van der Waals surface area contributed by atoms with E-state index >= 15 is 0 Å². The fraction of sp³-hybridized carbons (Fsp3) is 0.364. The van der Waals surface area contributed by atoms with Crippen molar-refractivity contribution in [1.29, 1.82) is 0 Å². The van der Waals surface area contributed by atoms with Gasteiger partial charge in [0.25, 0.3) is 0 Å². The summed E-state index contributed by atoms with van der Waals surface area (Å²) in [5.41, 5.74) is 5.61. The Kier molecular flexibility index (Phi) is 3.12. The molecule has 4 heteroatoms. The number of nitrogens with two attached hydrogens (primary N) is 1. The molecule has 0 radical (unpaired) electrons. The first kappa shape index (κ1) is 11.7. The molecule has 4 N–H and O–H groups in total. The summed E-state index contributed by atoms with van der Waals surface area (Å²) in [5.74, 6) is -1.08. The van der Waals surface area contributed by atoms with Crippen LogP contribution in [0.15, 0.2) is 24.3 Å². The quantitative estimate of drug-likeness (QED) is 0.693. The van der Waals surface area contributed by atoms with Crippen LogP contribution in [-0.2, 0) is 10.4 Å². The van der Waals surface area contributed by atoms with Crippen LogP contribution < -0.4 is 5.73 Å². The Balaban J connectivity index is 3.08. The maximum absolute atomic E-state index is 10.7. The second kappa shape index (κ2) is 4.00. The van der Waals surface area contributed by atoms with Gasteiger partial charge in [0.2, 0.25) is 0 Å². The molecule has 0 amide bonds. The van der Waals surface area contributed by atoms with E-state index in [4.69, 9.17) is 10.8 Å². The van der Waals surface area contributed by atoms with Crippen molar-refractivity contribution >= 4 is 5.97 Å². The molecule has 82 valence electrons. The van der Waals surface area contributed by atoms with E-state index in [1.165, 1.54) is 0 Å². The zero-order chi connectivity index (χ0) is 11.6. The molecule has 0 saturated heterocycles. The molecule has 0 aliphatic rings. The Labute approximate surface area is 88.3 Å². The van der Waals surface area contributed by atoms with Crippen molar-refractivity contribution in [3.63, 3.8) is 0 Å². The Morgan fingerprint density at radius 3 is 2.53 bits per heavy atom. The SMILES string of the molecule is CC(C)(O)c1cccc(C(N)C(=O)O)c1. The van der Waals surface area contributed by atoms with Crippen LogP contribution in [0.5, 0.6) is 0 Å². The molecule has 1 aromatic carbocycles. The van der Waals surface area contributed by atoms with E-state index in [0.717, 1.165) is 0 Å². The summed E-state index contributed by atoms with van der Waals surface area (Å²) in [6.07, 6.45) is 0. The second-order valence-corrected chi connectivity index (χ2v) is 4.00. The van der Waals surface area contributed by atoms with Crippen LogP contribution >= 0.6 is 0 Å². The topological polar surface area (TPSA) is 83.5 Å². The highest BCUT2D eigenvalue weighted by atomic mass is 16.4. The number of aliphatic hydroxyl groups is 1. The summed E-state index contributed by atoms with van der Waals surface area (Å²) in [6.45, 7) is 3.27. The molecule has 0 heterocycles. The highest BCUT2D eigenvalue weighted by Crippen LogP contribution is 2.22. The number of aliphatic carboxylic acids is 1. The van der Waals surface area contributed by atoms with Crippen LogP contribution in [-0.4, -0.2) is 16.2 Å². The van der Waals surface area contributed by atoms with Crippen molar-refractivity contribution in [2.45, 2.75) is 25.5 Å². The van der Waals surface area contributed by atoms with E-state index in [9.17, 15) is 9.90 Å². The second-order valence-electron chi connectivity index (χ2n) is 4.00. The van der Waals surface area contributed by atoms with Gasteiger partial charge in [-0.25, -0.2) is 0 Å². The Hall–Kier alpha value is -1.39. The first-order valence-electron chi connectivity index (χ1n) is 4.63. The molecular weight excluding hydrogens is 194 g/mol. The molecular formula is C11H15NO3. The fourth-order valence-electron chi connectivity index (χ4n) is 1.26. The summed E-state index contributed by atoms with van der Waals surface area (Å²) in [5, 5.41) is 18.5. The molecule has 15 heavy (non-hydrogen) atoms. The van der Waals surface area contributed by atoms with Gasteiger partial charge < -0.3 is 15.9 Å². The predicted octanol–water partition coefficient (Wildman–Crippen LogP) is 0.998. The van der Waals surface area contributed by atoms with Crippen molar-refractivity contribution in [3.8, 4) is 0 Å². The molecule has 4 nitrogen and oxygen atoms in total. The number of carboxylic acids is 1. The molecule has 0 aromatic heterocycles. The maximum Gasteiger partial charge on any atom is 0.325 e. The minimum Gasteiger partial charge on any atom is -0.480 e. The third kappa shape index (κ3) is 2.78. The summed E-state index contributed by atoms with van der Waals surface area (Å²) in [4.78, 5) is 10.7. The lowest BCUT2D eigenvalue weighted by atomic mass is 9.95. The molecule has 0 fully saturated rings. The zero-order valence-electron chi connectivity index (χ0n) is 8.77. The van der Waals surface area contributed by atoms with Gasteiger partial charge >= 0.3 is 5.97 Å². The molecule has 1 atom stereocenters. The fourth-order valence-corrected chi connectivity index (χ4v) is 1.26. The number of carboxylic acid groups (broad SMARTS) is 1. The Morgan fingerprint density at radius 2 is 2.07 bits per heavy atom. The Morgan fingerprint density at radius 1 is 1.47 bits per heavy atom. The van der Waals surface area contributed by atoms with Crippen molar-refractivity contribution in [3.05, 3.63) is 35.4 Å². The van der Waals surface area contributed by atoms with Gasteiger partial charge in [-0.15, -0.1) is 0 Å². The lowest BCUT2D eigenvalue weighted by Gasteiger charge is -2.19. The van der Waals surface area contributed by atoms with Crippen LogP contribution in [0.4, 0.5) is 0 Å². The van der Waals surface area contributed by atoms with E-state index in [1.807, 2.05) is 0 Å². The van der Waals surface area contributed by atoms with Crippen molar-refractivity contribution in [2.75, 3.05) is 0 Å². The van der Waals surface area contributed by atoms with E-state index in [-0.39, 0.29) is 0 Å². The molecule has 0 spiro atoms. The van der Waals surface area contributed by atoms with Crippen LogP contribution in [0.3, 0.4) is 0 Å². The van der Waals surface area contributed by atoms with Gasteiger partial charge in [0.15, 0.2) is 0 Å². The summed E-state index contributed by atoms with van der Waals surface area (Å²) in [7, 11) is 0. The summed E-state index contributed by atoms with van der Waals surface area (Å²) in [6, 6.07) is 5.61. The number of carbonyl (C=O) groups is 1. The van der Waals surface area contributed by atoms with Gasteiger partial charge in [-0.1, -0.05) is 24.3 Å². The largest absolute Gasteiger partial charge is 0.480 e. The molecule has 0 aliphatic heterocycles. The molecule has 0 aliphatic carbocycles. The van der Waals surface area contributed by atoms with Crippen LogP contribution in [0, 0.1) is 0 Å². The Bertz CT molecular complexity index is 368. The summed E-state index contributed by atoms with van der Waals surface area (Å²) >= 11 is 0. The zero-order valence-corrected chi connectivity index (χ0v) is 8.77. The van der Waals surface area contributed by atoms with E-state index < -0.39 is 17.6 Å². The number of hydrogen-bond acceptors (Lipinski definition) is 3. The van der Waals surface area contributed by atoms with E-state index in [2.05, 4.69) is 0 Å². The average Bonchev–Trinajstić information content (AvgIpc) is 2.15. The third-order valence-electron chi connectivity index (χ3n) is 2.22. The number of hydrogen-bond donors (Lipinski definition) is 3. The van der Waals surface area contributed by atoms with Gasteiger partial charge in [-0.3, -0.25) is 4.79 Å². The van der Waals surface area contributed by atoms with Gasteiger partial charge in [0, 0.05) is 0 Å². The lowest BCUT2D eigenvalue weighted by molar-refractivity contribution is -0.138. The maximum atomic E-state index is 10.7. The predicted molar refractivity (Wildman–Crippen MR) is 56.3 cm³/mol. The standard InChI is InChI=1S/C11H15NO3/c1-11(2,15)8-5-3-4-7(6-8)9(12)10(13)14/h3-6,9,15H,12H2,1-2H3,(H,13,14). The molecule has 1 rings (SSSR count). The van der Waals surface area contributed by atoms with Crippen molar-refractivity contribution < 1.29 is 15.0 Å². The number of rotatable bonds is 3. The van der Waals surface area contributed by atoms with Crippen LogP contribution in [0.25, 0.3) is 0 Å². The van der Waals surface area contributed by atoms with Gasteiger partial charge in [-0.05, 0) is 25.0 Å². The minimum absolute atomic E-state index is 0.488. The molecule has 1 aromatic rings. The van der Waals surface area contributed by atoms with Gasteiger partial charge in [0.05, 0.1) is 5.60 Å². The minimum atomic E-state index is -1.08. The number of benzene rings is 1. The first-order valence-corrected chi connectivity index (χ1v) is 4.63. The van der Waals surface area contributed by atoms with Crippen molar-refractivity contribution in [1.82, 2.24) is 0 Å². The highest BCUT2D eigenvalue weighted by molar-refractivity contribution is 5.75. The average molecular weight is 209 g/mol. The monoisotopic (exact) mass is 209 g/mol. The smallest absolute Gasteiger partial charge is 0.325 e. The molecule has 1 unspecified atom stereocenters. The normalized spacial score (nSPS) is 13.6. The summed E-state index contributed by atoms with van der Waals surface area (Å²) < 4.78 is 0. The lowest BCUT2D eigenvalue weighted by Crippen LogP contribution is -2.22.